The minimum absolute atomic E-state index is 0.0330. The zero-order chi connectivity index (χ0) is 24.9. The number of anilines is 1. The fourth-order valence-electron chi connectivity index (χ4n) is 4.48. The van der Waals surface area contributed by atoms with Gasteiger partial charge in [0, 0.05) is 25.4 Å². The van der Waals surface area contributed by atoms with Crippen LogP contribution in [-0.2, 0) is 11.8 Å². The van der Waals surface area contributed by atoms with Crippen molar-refractivity contribution in [2.24, 2.45) is 7.05 Å². The Kier molecular flexibility index (Phi) is 5.65. The third kappa shape index (κ3) is 3.88. The van der Waals surface area contributed by atoms with Crippen LogP contribution in [0.2, 0.25) is 5.02 Å². The highest BCUT2D eigenvalue weighted by Gasteiger charge is 2.41. The van der Waals surface area contributed by atoms with Gasteiger partial charge in [0.15, 0.2) is 0 Å². The third-order valence-electron chi connectivity index (χ3n) is 6.20. The van der Waals surface area contributed by atoms with Gasteiger partial charge in [0.1, 0.15) is 11.5 Å². The van der Waals surface area contributed by atoms with Crippen LogP contribution in [0.15, 0.2) is 43.4 Å². The van der Waals surface area contributed by atoms with E-state index in [1.54, 1.807) is 29.2 Å². The predicted molar refractivity (Wildman–Crippen MR) is 129 cm³/mol. The minimum atomic E-state index is -2.69. The molecule has 3 aromatic heterocycles. The number of imidazole rings is 1. The van der Waals surface area contributed by atoms with Crippen molar-refractivity contribution in [1.29, 1.82) is 0 Å². The van der Waals surface area contributed by atoms with Crippen molar-refractivity contribution in [3.05, 3.63) is 59.7 Å². The Balaban J connectivity index is 1.58. The number of benzene rings is 1. The fraction of sp³-hybridized carbons (Fsp3) is 0.250. The zero-order valence-electron chi connectivity index (χ0n) is 18.6. The molecule has 1 aromatic carbocycles. The van der Waals surface area contributed by atoms with E-state index in [2.05, 4.69) is 33.5 Å². The van der Waals surface area contributed by atoms with Crippen molar-refractivity contribution in [2.75, 3.05) is 12.3 Å². The number of hydrogen-bond acceptors (Lipinski definition) is 5. The summed E-state index contributed by atoms with van der Waals surface area (Å²) in [5, 5.41) is 5.58. The molecule has 1 saturated heterocycles. The van der Waals surface area contributed by atoms with Crippen LogP contribution in [0.4, 0.5) is 14.6 Å². The van der Waals surface area contributed by atoms with Crippen LogP contribution in [0, 0.1) is 11.8 Å². The lowest BCUT2D eigenvalue weighted by Crippen LogP contribution is -2.38. The lowest BCUT2D eigenvalue weighted by atomic mass is 10.1. The zero-order valence-corrected chi connectivity index (χ0v) is 19.4. The molecule has 1 amide bonds. The number of nitrogens with zero attached hydrogens (tertiary/aromatic N) is 6. The molecule has 0 aliphatic carbocycles. The number of carbonyl (C=O) groups is 1. The van der Waals surface area contributed by atoms with Crippen LogP contribution in [0.3, 0.4) is 0 Å². The lowest BCUT2D eigenvalue weighted by molar-refractivity contribution is -0.129. The summed E-state index contributed by atoms with van der Waals surface area (Å²) in [5.41, 5.74) is 9.26. The van der Waals surface area contributed by atoms with E-state index in [9.17, 15) is 13.6 Å². The Bertz CT molecular complexity index is 1550. The number of pyridine rings is 1. The van der Waals surface area contributed by atoms with Crippen molar-refractivity contribution in [2.45, 2.75) is 24.9 Å². The molecule has 8 nitrogen and oxygen atoms in total. The second-order valence-electron chi connectivity index (χ2n) is 8.30. The van der Waals surface area contributed by atoms with E-state index >= 15 is 0 Å². The van der Waals surface area contributed by atoms with Gasteiger partial charge in [0.25, 0.3) is 6.43 Å². The maximum absolute atomic E-state index is 13.7. The first kappa shape index (κ1) is 22.8. The molecule has 5 rings (SSSR count). The number of aryl methyl sites for hydroxylation is 1. The van der Waals surface area contributed by atoms with Gasteiger partial charge < -0.3 is 15.2 Å². The maximum atomic E-state index is 13.7. The molecule has 0 bridgehead atoms. The molecule has 0 saturated carbocycles. The van der Waals surface area contributed by atoms with Crippen molar-refractivity contribution < 1.29 is 13.6 Å². The maximum Gasteiger partial charge on any atom is 0.258 e. The van der Waals surface area contributed by atoms with Gasteiger partial charge in [-0.15, -0.1) is 0 Å². The highest BCUT2D eigenvalue weighted by molar-refractivity contribution is 6.32. The quantitative estimate of drug-likeness (QED) is 0.346. The molecular weight excluding hydrogens is 476 g/mol. The summed E-state index contributed by atoms with van der Waals surface area (Å²) in [6.45, 7) is 3.49. The standard InChI is InChI=1S/C24H20ClF2N7O/c1-3-21(35)33-11-14(9-20(33)23(26)27)34-18-6-7-29-24(28)22(18)16(31-34)5-4-13-8-17-19(10-15(13)25)32(2)12-30-17/h3,6-8,10,12,14,20,23H,1,9,11H2,2H3,(H2,28,29)/t14-,20+/m0/s1. The summed E-state index contributed by atoms with van der Waals surface area (Å²) >= 11 is 6.44. The van der Waals surface area contributed by atoms with Crippen molar-refractivity contribution >= 4 is 45.3 Å². The van der Waals surface area contributed by atoms with Crippen LogP contribution in [0.25, 0.3) is 21.9 Å². The van der Waals surface area contributed by atoms with Gasteiger partial charge in [-0.2, -0.15) is 5.10 Å². The van der Waals surface area contributed by atoms with E-state index < -0.39 is 24.4 Å². The van der Waals surface area contributed by atoms with Crippen LogP contribution in [-0.4, -0.2) is 54.1 Å². The lowest BCUT2D eigenvalue weighted by Gasteiger charge is -2.21. The van der Waals surface area contributed by atoms with Crippen LogP contribution in [0.5, 0.6) is 0 Å². The first-order chi connectivity index (χ1) is 16.8. The number of alkyl halides is 2. The van der Waals surface area contributed by atoms with E-state index in [1.807, 2.05) is 11.6 Å². The molecule has 35 heavy (non-hydrogen) atoms. The van der Waals surface area contributed by atoms with Gasteiger partial charge in [-0.1, -0.05) is 24.1 Å². The van der Waals surface area contributed by atoms with E-state index in [0.29, 0.717) is 27.2 Å². The molecule has 1 fully saturated rings. The number of carbonyl (C=O) groups excluding carboxylic acids is 1. The van der Waals surface area contributed by atoms with Crippen molar-refractivity contribution in [3.8, 4) is 11.8 Å². The van der Waals surface area contributed by atoms with Crippen LogP contribution in [0.1, 0.15) is 23.7 Å². The SMILES string of the molecule is C=CC(=O)N1C[C@@H](n2nc(C#Cc3cc4ncn(C)c4cc3Cl)c3c(N)nccc32)C[C@@H]1C(F)F. The summed E-state index contributed by atoms with van der Waals surface area (Å²) in [7, 11) is 1.87. The molecule has 1 aliphatic rings. The number of hydrogen-bond donors (Lipinski definition) is 1. The normalized spacial score (nSPS) is 17.8. The number of aromatic nitrogens is 5. The topological polar surface area (TPSA) is 94.9 Å². The Morgan fingerprint density at radius 2 is 2.11 bits per heavy atom. The Morgan fingerprint density at radius 3 is 2.86 bits per heavy atom. The molecule has 178 valence electrons. The molecule has 4 heterocycles. The largest absolute Gasteiger partial charge is 0.383 e. The van der Waals surface area contributed by atoms with Gasteiger partial charge in [0.05, 0.1) is 45.4 Å². The Labute approximate surface area is 204 Å². The Morgan fingerprint density at radius 1 is 1.31 bits per heavy atom. The second kappa shape index (κ2) is 8.67. The summed E-state index contributed by atoms with van der Waals surface area (Å²) in [5.74, 6) is 5.71. The molecule has 1 aliphatic heterocycles. The second-order valence-corrected chi connectivity index (χ2v) is 8.70. The summed E-state index contributed by atoms with van der Waals surface area (Å²) < 4.78 is 30.8. The average molecular weight is 496 g/mol. The Hall–Kier alpha value is -3.97. The average Bonchev–Trinajstić information content (AvgIpc) is 3.53. The molecule has 0 unspecified atom stereocenters. The smallest absolute Gasteiger partial charge is 0.258 e. The van der Waals surface area contributed by atoms with E-state index in [4.69, 9.17) is 17.3 Å². The summed E-state index contributed by atoms with van der Waals surface area (Å²) in [6.07, 6.45) is 1.59. The number of rotatable bonds is 3. The van der Waals surface area contributed by atoms with Gasteiger partial charge in [0.2, 0.25) is 5.91 Å². The van der Waals surface area contributed by atoms with Crippen molar-refractivity contribution in [1.82, 2.24) is 29.2 Å². The van der Waals surface area contributed by atoms with E-state index in [-0.39, 0.29) is 18.8 Å². The van der Waals surface area contributed by atoms with Gasteiger partial charge >= 0.3 is 0 Å². The number of nitrogen functional groups attached to an aromatic ring is 1. The molecule has 11 heteroatoms. The van der Waals surface area contributed by atoms with Crippen molar-refractivity contribution in [3.63, 3.8) is 0 Å². The monoisotopic (exact) mass is 495 g/mol. The number of amides is 1. The summed E-state index contributed by atoms with van der Waals surface area (Å²) in [4.78, 5) is 21.8. The highest BCUT2D eigenvalue weighted by Crippen LogP contribution is 2.34. The van der Waals surface area contributed by atoms with Gasteiger partial charge in [-0.25, -0.2) is 18.7 Å². The van der Waals surface area contributed by atoms with Crippen LogP contribution >= 0.6 is 11.6 Å². The fourth-order valence-corrected chi connectivity index (χ4v) is 4.68. The predicted octanol–water partition coefficient (Wildman–Crippen LogP) is 3.55. The number of halogens is 3. The molecule has 0 spiro atoms. The number of likely N-dealkylation sites (tertiary alicyclic amines) is 1. The van der Waals surface area contributed by atoms with Crippen LogP contribution < -0.4 is 5.73 Å². The molecule has 4 aromatic rings. The molecule has 2 N–H and O–H groups in total. The van der Waals surface area contributed by atoms with Gasteiger partial charge in [-0.3, -0.25) is 9.48 Å². The first-order valence-corrected chi connectivity index (χ1v) is 11.1. The minimum Gasteiger partial charge on any atom is -0.383 e. The van der Waals surface area contributed by atoms with E-state index in [1.165, 1.54) is 6.20 Å². The molecule has 0 radical (unpaired) electrons. The number of fused-ring (bicyclic) bond motifs is 2. The third-order valence-corrected chi connectivity index (χ3v) is 6.51. The molecule has 2 atom stereocenters. The molecular formula is C24H20ClF2N7O. The highest BCUT2D eigenvalue weighted by atomic mass is 35.5. The van der Waals surface area contributed by atoms with E-state index in [0.717, 1.165) is 22.0 Å². The first-order valence-electron chi connectivity index (χ1n) is 10.7. The number of nitrogens with two attached hydrogens (primary N) is 1. The summed E-state index contributed by atoms with van der Waals surface area (Å²) in [6, 6.07) is 3.54. The van der Waals surface area contributed by atoms with Gasteiger partial charge in [-0.05, 0) is 36.6 Å².